The molecule has 0 saturated heterocycles. The van der Waals surface area contributed by atoms with Crippen LogP contribution in [0.2, 0.25) is 5.02 Å². The number of esters is 1. The van der Waals surface area contributed by atoms with E-state index >= 15 is 0 Å². The Balaban J connectivity index is 1.86. The topological polar surface area (TPSA) is 63.7 Å². The van der Waals surface area contributed by atoms with Crippen LogP contribution in [-0.2, 0) is 16.6 Å². The minimum atomic E-state index is -3.82. The minimum Gasteiger partial charge on any atom is -0.423 e. The maximum absolute atomic E-state index is 12.9. The number of sulfonamides is 1. The van der Waals surface area contributed by atoms with Crippen molar-refractivity contribution in [1.29, 1.82) is 0 Å². The van der Waals surface area contributed by atoms with Gasteiger partial charge in [-0.3, -0.25) is 0 Å². The molecule has 3 aromatic rings. The summed E-state index contributed by atoms with van der Waals surface area (Å²) in [6.45, 7) is 0.204. The van der Waals surface area contributed by atoms with E-state index in [1.54, 1.807) is 30.3 Å². The van der Waals surface area contributed by atoms with Crippen molar-refractivity contribution in [3.05, 3.63) is 95.0 Å². The number of carbonyl (C=O) groups excluding carboxylic acids is 1. The molecule has 0 atom stereocenters. The monoisotopic (exact) mass is 415 g/mol. The predicted molar refractivity (Wildman–Crippen MR) is 108 cm³/mol. The highest BCUT2D eigenvalue weighted by molar-refractivity contribution is 7.89. The molecule has 7 heteroatoms. The van der Waals surface area contributed by atoms with E-state index in [0.717, 1.165) is 5.56 Å². The molecule has 0 aliphatic heterocycles. The lowest BCUT2D eigenvalue weighted by Crippen LogP contribution is -2.26. The lowest BCUT2D eigenvalue weighted by atomic mass is 10.2. The molecule has 28 heavy (non-hydrogen) atoms. The van der Waals surface area contributed by atoms with Gasteiger partial charge in [0.2, 0.25) is 10.0 Å². The van der Waals surface area contributed by atoms with Crippen LogP contribution >= 0.6 is 11.6 Å². The van der Waals surface area contributed by atoms with Crippen molar-refractivity contribution in [2.75, 3.05) is 7.05 Å². The van der Waals surface area contributed by atoms with Gasteiger partial charge in [0.15, 0.2) is 0 Å². The number of rotatable bonds is 6. The molecule has 0 aliphatic rings. The van der Waals surface area contributed by atoms with E-state index in [4.69, 9.17) is 16.3 Å². The van der Waals surface area contributed by atoms with E-state index in [9.17, 15) is 13.2 Å². The van der Waals surface area contributed by atoms with Gasteiger partial charge < -0.3 is 4.74 Å². The summed E-state index contributed by atoms with van der Waals surface area (Å²) in [4.78, 5) is 12.4. The third kappa shape index (κ3) is 4.59. The van der Waals surface area contributed by atoms with Crippen LogP contribution in [0, 0.1) is 0 Å². The summed E-state index contributed by atoms with van der Waals surface area (Å²) in [5.41, 5.74) is 0.839. The van der Waals surface area contributed by atoms with Gasteiger partial charge in [0.25, 0.3) is 0 Å². The number of carbonyl (C=O) groups is 1. The SMILES string of the molecule is CN(Cc1ccccc1)S(=O)(=O)c1ccc(Cl)c(C(=O)Oc2ccccc2)c1. The zero-order valence-corrected chi connectivity index (χ0v) is 16.7. The average Bonchev–Trinajstić information content (AvgIpc) is 2.69. The van der Waals surface area contributed by atoms with E-state index in [-0.39, 0.29) is 22.0 Å². The van der Waals surface area contributed by atoms with Crippen LogP contribution < -0.4 is 4.74 Å². The van der Waals surface area contributed by atoms with E-state index in [1.807, 2.05) is 30.3 Å². The fraction of sp³-hybridized carbons (Fsp3) is 0.0952. The fourth-order valence-corrected chi connectivity index (χ4v) is 3.96. The first kappa shape index (κ1) is 20.1. The van der Waals surface area contributed by atoms with Gasteiger partial charge >= 0.3 is 5.97 Å². The van der Waals surface area contributed by atoms with Gasteiger partial charge in [0.1, 0.15) is 5.75 Å². The van der Waals surface area contributed by atoms with Crippen LogP contribution in [0.4, 0.5) is 0 Å². The summed E-state index contributed by atoms with van der Waals surface area (Å²) < 4.78 is 32.3. The molecule has 3 aromatic carbocycles. The van der Waals surface area contributed by atoms with Crippen LogP contribution in [-0.4, -0.2) is 25.7 Å². The molecule has 3 rings (SSSR count). The van der Waals surface area contributed by atoms with Gasteiger partial charge in [-0.15, -0.1) is 0 Å². The van der Waals surface area contributed by atoms with Crippen LogP contribution in [0.1, 0.15) is 15.9 Å². The number of nitrogens with zero attached hydrogens (tertiary/aromatic N) is 1. The lowest BCUT2D eigenvalue weighted by molar-refractivity contribution is 0.0734. The highest BCUT2D eigenvalue weighted by Gasteiger charge is 2.24. The Morgan fingerprint density at radius 2 is 1.57 bits per heavy atom. The number of hydrogen-bond donors (Lipinski definition) is 0. The second kappa shape index (κ2) is 8.56. The maximum atomic E-state index is 12.9. The third-order valence-electron chi connectivity index (χ3n) is 4.07. The number of halogens is 1. The Bertz CT molecular complexity index is 1070. The minimum absolute atomic E-state index is 0.0142. The second-order valence-corrected chi connectivity index (χ2v) is 8.54. The molecule has 0 N–H and O–H groups in total. The van der Waals surface area contributed by atoms with Gasteiger partial charge in [-0.2, -0.15) is 4.31 Å². The van der Waals surface area contributed by atoms with Gasteiger partial charge in [-0.1, -0.05) is 60.1 Å². The van der Waals surface area contributed by atoms with E-state index < -0.39 is 16.0 Å². The van der Waals surface area contributed by atoms with Crippen molar-refractivity contribution in [1.82, 2.24) is 4.31 Å². The zero-order chi connectivity index (χ0) is 20.1. The lowest BCUT2D eigenvalue weighted by Gasteiger charge is -2.18. The first-order valence-electron chi connectivity index (χ1n) is 8.45. The summed E-state index contributed by atoms with van der Waals surface area (Å²) >= 11 is 6.11. The molecule has 0 bridgehead atoms. The summed E-state index contributed by atoms with van der Waals surface area (Å²) in [5.74, 6) is -0.378. The molecule has 0 amide bonds. The van der Waals surface area contributed by atoms with Gasteiger partial charge in [-0.05, 0) is 35.9 Å². The summed E-state index contributed by atoms with van der Waals surface area (Å²) in [5, 5.41) is 0.116. The Kier molecular flexibility index (Phi) is 6.14. The van der Waals surface area contributed by atoms with Crippen molar-refractivity contribution in [3.63, 3.8) is 0 Å². The molecule has 0 unspecified atom stereocenters. The number of hydrogen-bond acceptors (Lipinski definition) is 4. The molecule has 0 spiro atoms. The zero-order valence-electron chi connectivity index (χ0n) is 15.1. The molecule has 0 heterocycles. The Morgan fingerprint density at radius 1 is 0.964 bits per heavy atom. The summed E-state index contributed by atoms with van der Waals surface area (Å²) in [7, 11) is -2.33. The summed E-state index contributed by atoms with van der Waals surface area (Å²) in [6, 6.07) is 21.7. The molecule has 0 fully saturated rings. The molecule has 5 nitrogen and oxygen atoms in total. The molecule has 144 valence electrons. The van der Waals surface area contributed by atoms with Gasteiger partial charge in [0.05, 0.1) is 15.5 Å². The fourth-order valence-electron chi connectivity index (χ4n) is 2.58. The van der Waals surface area contributed by atoms with Crippen LogP contribution in [0.5, 0.6) is 5.75 Å². The highest BCUT2D eigenvalue weighted by atomic mass is 35.5. The first-order chi connectivity index (χ1) is 13.4. The third-order valence-corrected chi connectivity index (χ3v) is 6.20. The molecule has 0 saturated carbocycles. The number of para-hydroxylation sites is 1. The smallest absolute Gasteiger partial charge is 0.345 e. The van der Waals surface area contributed by atoms with Crippen LogP contribution in [0.3, 0.4) is 0 Å². The quantitative estimate of drug-likeness (QED) is 0.442. The Labute approximate surface area is 169 Å². The number of ether oxygens (including phenoxy) is 1. The maximum Gasteiger partial charge on any atom is 0.345 e. The highest BCUT2D eigenvalue weighted by Crippen LogP contribution is 2.25. The van der Waals surface area contributed by atoms with E-state index in [1.165, 1.54) is 29.6 Å². The van der Waals surface area contributed by atoms with Crippen molar-refractivity contribution in [2.45, 2.75) is 11.4 Å². The van der Waals surface area contributed by atoms with Gasteiger partial charge in [-0.25, -0.2) is 13.2 Å². The van der Waals surface area contributed by atoms with E-state index in [0.29, 0.717) is 5.75 Å². The molecule has 0 aliphatic carbocycles. The van der Waals surface area contributed by atoms with Crippen molar-refractivity contribution >= 4 is 27.6 Å². The van der Waals surface area contributed by atoms with Crippen LogP contribution in [0.15, 0.2) is 83.8 Å². The van der Waals surface area contributed by atoms with E-state index in [2.05, 4.69) is 0 Å². The largest absolute Gasteiger partial charge is 0.423 e. The average molecular weight is 416 g/mol. The first-order valence-corrected chi connectivity index (χ1v) is 10.3. The number of benzene rings is 3. The molecule has 0 radical (unpaired) electrons. The molecular formula is C21H18ClNO4S. The van der Waals surface area contributed by atoms with Crippen molar-refractivity contribution in [3.8, 4) is 5.75 Å². The molecule has 0 aromatic heterocycles. The second-order valence-electron chi connectivity index (χ2n) is 6.09. The van der Waals surface area contributed by atoms with Crippen LogP contribution in [0.25, 0.3) is 0 Å². The molecular weight excluding hydrogens is 398 g/mol. The van der Waals surface area contributed by atoms with Gasteiger partial charge in [0, 0.05) is 13.6 Å². The summed E-state index contributed by atoms with van der Waals surface area (Å²) in [6.07, 6.45) is 0. The Morgan fingerprint density at radius 3 is 2.21 bits per heavy atom. The van der Waals surface area contributed by atoms with Crippen molar-refractivity contribution < 1.29 is 17.9 Å². The standard InChI is InChI=1S/C21H18ClNO4S/c1-23(15-16-8-4-2-5-9-16)28(25,26)18-12-13-20(22)19(14-18)21(24)27-17-10-6-3-7-11-17/h2-14H,15H2,1H3. The Hall–Kier alpha value is -2.67. The predicted octanol–water partition coefficient (Wildman–Crippen LogP) is 4.38. The normalized spacial score (nSPS) is 11.4. The van der Waals surface area contributed by atoms with Crippen molar-refractivity contribution in [2.24, 2.45) is 0 Å².